The van der Waals surface area contributed by atoms with Crippen molar-refractivity contribution in [2.45, 2.75) is 13.5 Å². The Labute approximate surface area is 114 Å². The van der Waals surface area contributed by atoms with Crippen molar-refractivity contribution in [3.8, 4) is 0 Å². The zero-order chi connectivity index (χ0) is 12.8. The quantitative estimate of drug-likeness (QED) is 0.889. The van der Waals surface area contributed by atoms with Crippen LogP contribution in [0.1, 0.15) is 12.6 Å². The van der Waals surface area contributed by atoms with Gasteiger partial charge < -0.3 is 10.6 Å². The lowest BCUT2D eigenvalue weighted by Crippen LogP contribution is -2.07. The average molecular weight is 308 g/mol. The zero-order valence-electron chi connectivity index (χ0n) is 10.0. The fourth-order valence-electron chi connectivity index (χ4n) is 1.41. The Bertz CT molecular complexity index is 503. The third kappa shape index (κ3) is 3.40. The van der Waals surface area contributed by atoms with E-state index in [1.165, 1.54) is 0 Å². The van der Waals surface area contributed by atoms with Crippen LogP contribution in [0.4, 0.5) is 11.8 Å². The molecule has 2 heterocycles. The van der Waals surface area contributed by atoms with E-state index in [1.807, 2.05) is 25.1 Å². The number of nitrogens with one attached hydrogen (secondary N) is 2. The van der Waals surface area contributed by atoms with Crippen molar-refractivity contribution in [3.63, 3.8) is 0 Å². The standard InChI is InChI=1S/C12H14BrN5/c1-2-14-12-17-8-10(13)11(18-12)16-7-9-5-3-4-6-15-9/h3-6,8H,2,7H2,1H3,(H2,14,16,17,18). The van der Waals surface area contributed by atoms with Gasteiger partial charge in [0.2, 0.25) is 5.95 Å². The first-order valence-corrected chi connectivity index (χ1v) is 6.49. The van der Waals surface area contributed by atoms with E-state index >= 15 is 0 Å². The third-order valence-corrected chi connectivity index (χ3v) is 2.82. The predicted molar refractivity (Wildman–Crippen MR) is 75.5 cm³/mol. The lowest BCUT2D eigenvalue weighted by molar-refractivity contribution is 1.01. The van der Waals surface area contributed by atoms with Crippen molar-refractivity contribution in [3.05, 3.63) is 40.8 Å². The van der Waals surface area contributed by atoms with Gasteiger partial charge in [0, 0.05) is 18.9 Å². The highest BCUT2D eigenvalue weighted by Gasteiger charge is 2.04. The summed E-state index contributed by atoms with van der Waals surface area (Å²) in [5.41, 5.74) is 0.966. The first-order valence-electron chi connectivity index (χ1n) is 5.69. The Balaban J connectivity index is 2.06. The van der Waals surface area contributed by atoms with Crippen LogP contribution in [0.5, 0.6) is 0 Å². The van der Waals surface area contributed by atoms with E-state index in [-0.39, 0.29) is 0 Å². The van der Waals surface area contributed by atoms with E-state index in [9.17, 15) is 0 Å². The molecule has 18 heavy (non-hydrogen) atoms. The molecule has 0 saturated carbocycles. The highest BCUT2D eigenvalue weighted by molar-refractivity contribution is 9.10. The second-order valence-corrected chi connectivity index (χ2v) is 4.45. The van der Waals surface area contributed by atoms with Crippen LogP contribution in [0.15, 0.2) is 35.1 Å². The lowest BCUT2D eigenvalue weighted by atomic mass is 10.3. The van der Waals surface area contributed by atoms with Crippen LogP contribution in [0.3, 0.4) is 0 Å². The molecule has 0 aliphatic heterocycles. The summed E-state index contributed by atoms with van der Waals surface area (Å²) in [5, 5.41) is 6.30. The molecule has 5 nitrogen and oxygen atoms in total. The third-order valence-electron chi connectivity index (χ3n) is 2.24. The molecule has 0 bridgehead atoms. The van der Waals surface area contributed by atoms with E-state index in [4.69, 9.17) is 0 Å². The monoisotopic (exact) mass is 307 g/mol. The Morgan fingerprint density at radius 1 is 1.22 bits per heavy atom. The molecule has 0 spiro atoms. The van der Waals surface area contributed by atoms with E-state index in [0.717, 1.165) is 22.5 Å². The molecule has 0 aliphatic rings. The number of rotatable bonds is 5. The van der Waals surface area contributed by atoms with Crippen molar-refractivity contribution in [1.82, 2.24) is 15.0 Å². The van der Waals surface area contributed by atoms with Crippen LogP contribution in [0, 0.1) is 0 Å². The van der Waals surface area contributed by atoms with E-state index in [0.29, 0.717) is 12.5 Å². The number of anilines is 2. The summed E-state index contributed by atoms with van der Waals surface area (Å²) in [6, 6.07) is 5.82. The van der Waals surface area contributed by atoms with Gasteiger partial charge in [-0.1, -0.05) is 6.07 Å². The van der Waals surface area contributed by atoms with E-state index < -0.39 is 0 Å². The predicted octanol–water partition coefficient (Wildman–Crippen LogP) is 2.68. The van der Waals surface area contributed by atoms with Crippen molar-refractivity contribution in [2.24, 2.45) is 0 Å². The van der Waals surface area contributed by atoms with Gasteiger partial charge in [0.15, 0.2) is 0 Å². The van der Waals surface area contributed by atoms with Gasteiger partial charge in [-0.3, -0.25) is 4.98 Å². The number of halogens is 1. The summed E-state index contributed by atoms with van der Waals surface area (Å²) in [7, 11) is 0. The molecular weight excluding hydrogens is 294 g/mol. The van der Waals surface area contributed by atoms with Gasteiger partial charge in [-0.2, -0.15) is 4.98 Å². The second-order valence-electron chi connectivity index (χ2n) is 3.60. The topological polar surface area (TPSA) is 62.7 Å². The molecule has 0 amide bonds. The van der Waals surface area contributed by atoms with Gasteiger partial charge in [-0.05, 0) is 35.0 Å². The Morgan fingerprint density at radius 2 is 2.11 bits per heavy atom. The maximum atomic E-state index is 4.37. The fraction of sp³-hybridized carbons (Fsp3) is 0.250. The summed E-state index contributed by atoms with van der Waals surface area (Å²) in [6.07, 6.45) is 3.50. The molecule has 0 fully saturated rings. The molecule has 2 N–H and O–H groups in total. The van der Waals surface area contributed by atoms with E-state index in [2.05, 4.69) is 41.5 Å². The van der Waals surface area contributed by atoms with Crippen LogP contribution in [-0.4, -0.2) is 21.5 Å². The molecule has 0 radical (unpaired) electrons. The summed E-state index contributed by atoms with van der Waals surface area (Å²) in [6.45, 7) is 3.43. The summed E-state index contributed by atoms with van der Waals surface area (Å²) < 4.78 is 0.833. The van der Waals surface area contributed by atoms with Crippen molar-refractivity contribution in [1.29, 1.82) is 0 Å². The van der Waals surface area contributed by atoms with Crippen molar-refractivity contribution >= 4 is 27.7 Å². The average Bonchev–Trinajstić information content (AvgIpc) is 2.41. The van der Waals surface area contributed by atoms with Crippen molar-refractivity contribution < 1.29 is 0 Å². The maximum absolute atomic E-state index is 4.37. The van der Waals surface area contributed by atoms with Crippen LogP contribution < -0.4 is 10.6 Å². The highest BCUT2D eigenvalue weighted by atomic mass is 79.9. The SMILES string of the molecule is CCNc1ncc(Br)c(NCc2ccccn2)n1. The fourth-order valence-corrected chi connectivity index (χ4v) is 1.74. The molecule has 0 aromatic carbocycles. The molecule has 0 atom stereocenters. The first kappa shape index (κ1) is 12.8. The summed E-state index contributed by atoms with van der Waals surface area (Å²) in [4.78, 5) is 12.8. The lowest BCUT2D eigenvalue weighted by Gasteiger charge is -2.09. The Morgan fingerprint density at radius 3 is 2.83 bits per heavy atom. The minimum Gasteiger partial charge on any atom is -0.363 e. The molecule has 94 valence electrons. The van der Waals surface area contributed by atoms with Gasteiger partial charge in [0.25, 0.3) is 0 Å². The zero-order valence-corrected chi connectivity index (χ0v) is 11.6. The number of aromatic nitrogens is 3. The number of pyridine rings is 1. The minimum absolute atomic E-state index is 0.615. The summed E-state index contributed by atoms with van der Waals surface area (Å²) in [5.74, 6) is 1.37. The normalized spacial score (nSPS) is 10.1. The largest absolute Gasteiger partial charge is 0.363 e. The van der Waals surface area contributed by atoms with Crippen molar-refractivity contribution in [2.75, 3.05) is 17.2 Å². The van der Waals surface area contributed by atoms with Crippen LogP contribution in [-0.2, 0) is 6.54 Å². The molecule has 2 rings (SSSR count). The number of hydrogen-bond donors (Lipinski definition) is 2. The van der Waals surface area contributed by atoms with Gasteiger partial charge in [0.1, 0.15) is 5.82 Å². The van der Waals surface area contributed by atoms with Crippen LogP contribution in [0.25, 0.3) is 0 Å². The van der Waals surface area contributed by atoms with Crippen LogP contribution >= 0.6 is 15.9 Å². The molecule has 0 saturated heterocycles. The molecule has 0 unspecified atom stereocenters. The molecule has 2 aromatic rings. The molecule has 6 heteroatoms. The van der Waals surface area contributed by atoms with Gasteiger partial charge in [0.05, 0.1) is 16.7 Å². The maximum Gasteiger partial charge on any atom is 0.224 e. The molecular formula is C12H14BrN5. The molecule has 2 aromatic heterocycles. The highest BCUT2D eigenvalue weighted by Crippen LogP contribution is 2.20. The van der Waals surface area contributed by atoms with Gasteiger partial charge in [-0.25, -0.2) is 4.98 Å². The number of hydrogen-bond acceptors (Lipinski definition) is 5. The molecule has 0 aliphatic carbocycles. The Kier molecular flexibility index (Phi) is 4.46. The van der Waals surface area contributed by atoms with Gasteiger partial charge >= 0.3 is 0 Å². The Hall–Kier alpha value is -1.69. The smallest absolute Gasteiger partial charge is 0.224 e. The summed E-state index contributed by atoms with van der Waals surface area (Å²) >= 11 is 3.42. The minimum atomic E-state index is 0.615. The second kappa shape index (κ2) is 6.30. The van der Waals surface area contributed by atoms with E-state index in [1.54, 1.807) is 12.4 Å². The first-order chi connectivity index (χ1) is 8.79. The van der Waals surface area contributed by atoms with Gasteiger partial charge in [-0.15, -0.1) is 0 Å². The van der Waals surface area contributed by atoms with Crippen LogP contribution in [0.2, 0.25) is 0 Å². The number of nitrogens with zero attached hydrogens (tertiary/aromatic N) is 3.